The third-order valence-corrected chi connectivity index (χ3v) is 5.94. The molecule has 0 atom stereocenters. The minimum atomic E-state index is -0.203. The number of rotatable bonds is 8. The zero-order chi connectivity index (χ0) is 22.2. The van der Waals surface area contributed by atoms with E-state index in [9.17, 15) is 9.59 Å². The van der Waals surface area contributed by atoms with E-state index in [0.29, 0.717) is 28.2 Å². The molecule has 2 aromatic rings. The van der Waals surface area contributed by atoms with Gasteiger partial charge in [0.1, 0.15) is 5.75 Å². The Kier molecular flexibility index (Phi) is 8.37. The van der Waals surface area contributed by atoms with Gasteiger partial charge in [-0.2, -0.15) is 0 Å². The minimum absolute atomic E-state index is 0.0311. The largest absolute Gasteiger partial charge is 0.484 e. The van der Waals surface area contributed by atoms with E-state index in [0.717, 1.165) is 31.2 Å². The Morgan fingerprint density at radius 3 is 2.52 bits per heavy atom. The highest BCUT2D eigenvalue weighted by atomic mass is 35.5. The Bertz CT molecular complexity index is 900. The summed E-state index contributed by atoms with van der Waals surface area (Å²) >= 11 is 11.8. The number of halogens is 2. The average molecular weight is 466 g/mol. The fourth-order valence-electron chi connectivity index (χ4n) is 3.45. The molecule has 0 radical (unpaired) electrons. The number of pyridine rings is 1. The van der Waals surface area contributed by atoms with E-state index in [2.05, 4.69) is 15.6 Å². The number of ether oxygens (including phenoxy) is 2. The van der Waals surface area contributed by atoms with Crippen molar-refractivity contribution in [2.24, 2.45) is 5.92 Å². The highest BCUT2D eigenvalue weighted by Crippen LogP contribution is 2.27. The number of nitrogens with zero attached hydrogens (tertiary/aromatic N) is 1. The molecule has 0 aliphatic heterocycles. The zero-order valence-corrected chi connectivity index (χ0v) is 18.7. The number of hydrogen-bond donors (Lipinski definition) is 2. The van der Waals surface area contributed by atoms with Gasteiger partial charge in [-0.25, -0.2) is 4.98 Å². The molecule has 1 aromatic heterocycles. The van der Waals surface area contributed by atoms with Crippen LogP contribution in [0.1, 0.15) is 31.2 Å². The Morgan fingerprint density at radius 2 is 1.87 bits per heavy atom. The van der Waals surface area contributed by atoms with Gasteiger partial charge >= 0.3 is 0 Å². The van der Waals surface area contributed by atoms with E-state index in [1.165, 1.54) is 0 Å². The molecule has 0 spiro atoms. The van der Waals surface area contributed by atoms with Gasteiger partial charge in [0.25, 0.3) is 5.91 Å². The lowest BCUT2D eigenvalue weighted by Gasteiger charge is -2.28. The summed E-state index contributed by atoms with van der Waals surface area (Å²) in [5, 5.41) is 6.73. The molecule has 1 aliphatic carbocycles. The van der Waals surface area contributed by atoms with Crippen molar-refractivity contribution >= 4 is 35.0 Å². The topological polar surface area (TPSA) is 89.6 Å². The van der Waals surface area contributed by atoms with Crippen molar-refractivity contribution < 1.29 is 19.1 Å². The molecule has 1 saturated carbocycles. The highest BCUT2D eigenvalue weighted by molar-refractivity contribution is 6.42. The summed E-state index contributed by atoms with van der Waals surface area (Å²) < 4.78 is 10.5. The molecular formula is C22H25Cl2N3O4. The lowest BCUT2D eigenvalue weighted by atomic mass is 9.85. The van der Waals surface area contributed by atoms with Gasteiger partial charge in [0.15, 0.2) is 6.61 Å². The van der Waals surface area contributed by atoms with Crippen molar-refractivity contribution in [2.75, 3.05) is 13.7 Å². The van der Waals surface area contributed by atoms with Crippen LogP contribution >= 0.6 is 23.2 Å². The van der Waals surface area contributed by atoms with Crippen LogP contribution in [0.4, 0.5) is 0 Å². The molecule has 7 nitrogen and oxygen atoms in total. The van der Waals surface area contributed by atoms with Crippen LogP contribution in [-0.4, -0.2) is 36.6 Å². The predicted molar refractivity (Wildman–Crippen MR) is 118 cm³/mol. The first-order valence-electron chi connectivity index (χ1n) is 10.1. The summed E-state index contributed by atoms with van der Waals surface area (Å²) in [6.07, 6.45) is 4.64. The molecule has 3 rings (SSSR count). The van der Waals surface area contributed by atoms with Crippen molar-refractivity contribution in [3.63, 3.8) is 0 Å². The number of amides is 2. The highest BCUT2D eigenvalue weighted by Gasteiger charge is 2.27. The van der Waals surface area contributed by atoms with E-state index in [1.54, 1.807) is 37.6 Å². The van der Waals surface area contributed by atoms with Crippen LogP contribution in [0.2, 0.25) is 10.0 Å². The second kappa shape index (κ2) is 11.2. The third-order valence-electron chi connectivity index (χ3n) is 5.20. The van der Waals surface area contributed by atoms with Crippen LogP contribution < -0.4 is 20.1 Å². The maximum atomic E-state index is 12.5. The van der Waals surface area contributed by atoms with E-state index in [-0.39, 0.29) is 30.4 Å². The van der Waals surface area contributed by atoms with Crippen LogP contribution in [0.3, 0.4) is 0 Å². The Balaban J connectivity index is 1.35. The third kappa shape index (κ3) is 7.01. The van der Waals surface area contributed by atoms with Crippen LogP contribution in [0.5, 0.6) is 11.6 Å². The first-order valence-corrected chi connectivity index (χ1v) is 10.8. The first kappa shape index (κ1) is 23.2. The molecule has 0 saturated heterocycles. The van der Waals surface area contributed by atoms with Gasteiger partial charge in [-0.15, -0.1) is 0 Å². The number of aromatic nitrogens is 1. The molecule has 166 valence electrons. The van der Waals surface area contributed by atoms with Crippen molar-refractivity contribution in [1.29, 1.82) is 0 Å². The lowest BCUT2D eigenvalue weighted by Crippen LogP contribution is -2.42. The number of hydrogen-bond acceptors (Lipinski definition) is 5. The molecule has 9 heteroatoms. The number of benzene rings is 1. The monoisotopic (exact) mass is 465 g/mol. The summed E-state index contributed by atoms with van der Waals surface area (Å²) in [5.41, 5.74) is 0.914. The summed E-state index contributed by atoms with van der Waals surface area (Å²) in [4.78, 5) is 28.7. The quantitative estimate of drug-likeness (QED) is 0.619. The summed E-state index contributed by atoms with van der Waals surface area (Å²) in [6, 6.07) is 8.53. The van der Waals surface area contributed by atoms with Crippen molar-refractivity contribution in [3.05, 3.63) is 52.1 Å². The molecule has 1 aromatic carbocycles. The van der Waals surface area contributed by atoms with Gasteiger partial charge in [0.05, 0.1) is 17.2 Å². The van der Waals surface area contributed by atoms with Gasteiger partial charge in [0, 0.05) is 36.8 Å². The maximum absolute atomic E-state index is 12.5. The normalized spacial score (nSPS) is 18.2. The SMILES string of the molecule is COc1ccc(CNC(=O)C2CCC(NC(=O)COc3ccc(Cl)c(Cl)c3)CC2)cn1. The average Bonchev–Trinajstić information content (AvgIpc) is 2.79. The molecule has 1 fully saturated rings. The Labute approximate surface area is 191 Å². The van der Waals surface area contributed by atoms with E-state index >= 15 is 0 Å². The molecule has 2 amide bonds. The standard InChI is InChI=1S/C22H25Cl2N3O4/c1-30-21-9-2-14(11-25-21)12-26-22(29)15-3-5-16(6-4-15)27-20(28)13-31-17-7-8-18(23)19(24)10-17/h2,7-11,15-16H,3-6,12-13H2,1H3,(H,26,29)(H,27,28). The van der Waals surface area contributed by atoms with Crippen molar-refractivity contribution in [3.8, 4) is 11.6 Å². The number of carbonyl (C=O) groups excluding carboxylic acids is 2. The second-order valence-corrected chi connectivity index (χ2v) is 8.22. The molecule has 0 bridgehead atoms. The van der Waals surface area contributed by atoms with Gasteiger partial charge in [-0.3, -0.25) is 9.59 Å². The van der Waals surface area contributed by atoms with Crippen LogP contribution in [-0.2, 0) is 16.1 Å². The van der Waals surface area contributed by atoms with Crippen molar-refractivity contribution in [2.45, 2.75) is 38.3 Å². The van der Waals surface area contributed by atoms with Crippen LogP contribution in [0.15, 0.2) is 36.5 Å². The predicted octanol–water partition coefficient (Wildman–Crippen LogP) is 3.77. The molecule has 31 heavy (non-hydrogen) atoms. The zero-order valence-electron chi connectivity index (χ0n) is 17.2. The van der Waals surface area contributed by atoms with Gasteiger partial charge < -0.3 is 20.1 Å². The smallest absolute Gasteiger partial charge is 0.258 e. The Hall–Kier alpha value is -2.51. The van der Waals surface area contributed by atoms with E-state index in [4.69, 9.17) is 32.7 Å². The number of methoxy groups -OCH3 is 1. The summed E-state index contributed by atoms with van der Waals surface area (Å²) in [5.74, 6) is 0.802. The summed E-state index contributed by atoms with van der Waals surface area (Å²) in [6.45, 7) is 0.326. The fourth-order valence-corrected chi connectivity index (χ4v) is 3.74. The van der Waals surface area contributed by atoms with E-state index < -0.39 is 0 Å². The lowest BCUT2D eigenvalue weighted by molar-refractivity contribution is -0.126. The molecule has 1 heterocycles. The van der Waals surface area contributed by atoms with Crippen molar-refractivity contribution in [1.82, 2.24) is 15.6 Å². The second-order valence-electron chi connectivity index (χ2n) is 7.41. The molecule has 0 unspecified atom stereocenters. The molecule has 1 aliphatic rings. The van der Waals surface area contributed by atoms with Gasteiger partial charge in [-0.1, -0.05) is 29.3 Å². The maximum Gasteiger partial charge on any atom is 0.258 e. The van der Waals surface area contributed by atoms with Gasteiger partial charge in [0.2, 0.25) is 11.8 Å². The first-order chi connectivity index (χ1) is 14.9. The Morgan fingerprint density at radius 1 is 1.10 bits per heavy atom. The van der Waals surface area contributed by atoms with Crippen LogP contribution in [0.25, 0.3) is 0 Å². The molecule has 2 N–H and O–H groups in total. The number of nitrogens with one attached hydrogen (secondary N) is 2. The van der Waals surface area contributed by atoms with Gasteiger partial charge in [-0.05, 0) is 43.4 Å². The van der Waals surface area contributed by atoms with E-state index in [1.807, 2.05) is 6.07 Å². The van der Waals surface area contributed by atoms with Crippen LogP contribution in [0, 0.1) is 5.92 Å². The minimum Gasteiger partial charge on any atom is -0.484 e. The summed E-state index contributed by atoms with van der Waals surface area (Å²) in [7, 11) is 1.56. The fraction of sp³-hybridized carbons (Fsp3) is 0.409. The molecular weight excluding hydrogens is 441 g/mol. The number of carbonyl (C=O) groups is 2.